The highest BCUT2D eigenvalue weighted by Crippen LogP contribution is 2.27. The van der Waals surface area contributed by atoms with Gasteiger partial charge in [0.15, 0.2) is 0 Å². The summed E-state index contributed by atoms with van der Waals surface area (Å²) in [5.74, 6) is 0. The van der Waals surface area contributed by atoms with Crippen LogP contribution in [-0.2, 0) is 10.9 Å². The van der Waals surface area contributed by atoms with Gasteiger partial charge in [0, 0.05) is 12.7 Å². The molecule has 0 bridgehead atoms. The van der Waals surface area contributed by atoms with Crippen LogP contribution in [0.25, 0.3) is 0 Å². The standard InChI is InChI=1S/C13H18F3N3O2/c1-12(2,3)21-11(20)19-9(6-17)8-4-5-10(18-7-8)13(14,15)16/h4-5,7,9H,6,17H2,1-3H3,(H,19,20). The van der Waals surface area contributed by atoms with Crippen molar-refractivity contribution in [2.24, 2.45) is 5.73 Å². The van der Waals surface area contributed by atoms with Crippen molar-refractivity contribution in [1.29, 1.82) is 0 Å². The predicted molar refractivity (Wildman–Crippen MR) is 70.4 cm³/mol. The van der Waals surface area contributed by atoms with Gasteiger partial charge in [-0.3, -0.25) is 4.98 Å². The molecule has 0 aliphatic rings. The van der Waals surface area contributed by atoms with E-state index in [4.69, 9.17) is 10.5 Å². The molecule has 1 aromatic heterocycles. The number of carbonyl (C=O) groups is 1. The number of nitrogens with one attached hydrogen (secondary N) is 1. The van der Waals surface area contributed by atoms with Crippen LogP contribution in [-0.4, -0.2) is 23.2 Å². The van der Waals surface area contributed by atoms with E-state index in [-0.39, 0.29) is 6.54 Å². The maximum Gasteiger partial charge on any atom is 0.433 e. The van der Waals surface area contributed by atoms with E-state index < -0.39 is 29.6 Å². The van der Waals surface area contributed by atoms with Gasteiger partial charge in [0.05, 0.1) is 6.04 Å². The molecule has 0 spiro atoms. The SMILES string of the molecule is CC(C)(C)OC(=O)NC(CN)c1ccc(C(F)(F)F)nc1. The van der Waals surface area contributed by atoms with Gasteiger partial charge in [-0.2, -0.15) is 13.2 Å². The second kappa shape index (κ2) is 6.30. The summed E-state index contributed by atoms with van der Waals surface area (Å²) in [7, 11) is 0. The van der Waals surface area contributed by atoms with Crippen molar-refractivity contribution < 1.29 is 22.7 Å². The first-order valence-corrected chi connectivity index (χ1v) is 6.25. The number of amides is 1. The lowest BCUT2D eigenvalue weighted by atomic mass is 10.1. The summed E-state index contributed by atoms with van der Waals surface area (Å²) in [6, 6.07) is 1.40. The van der Waals surface area contributed by atoms with Crippen LogP contribution in [0.1, 0.15) is 38.1 Å². The molecule has 1 heterocycles. The highest BCUT2D eigenvalue weighted by atomic mass is 19.4. The minimum atomic E-state index is -4.50. The van der Waals surface area contributed by atoms with Crippen molar-refractivity contribution in [3.8, 4) is 0 Å². The van der Waals surface area contributed by atoms with E-state index in [0.29, 0.717) is 5.56 Å². The molecule has 0 aliphatic carbocycles. The van der Waals surface area contributed by atoms with Crippen molar-refractivity contribution in [2.45, 2.75) is 38.6 Å². The van der Waals surface area contributed by atoms with Gasteiger partial charge in [-0.05, 0) is 32.4 Å². The minimum absolute atomic E-state index is 0.00624. The molecule has 3 N–H and O–H groups in total. The van der Waals surface area contributed by atoms with Gasteiger partial charge in [-0.1, -0.05) is 6.07 Å². The van der Waals surface area contributed by atoms with Gasteiger partial charge >= 0.3 is 12.3 Å². The number of rotatable bonds is 3. The molecule has 1 atom stereocenters. The Morgan fingerprint density at radius 1 is 1.38 bits per heavy atom. The molecule has 21 heavy (non-hydrogen) atoms. The second-order valence-electron chi connectivity index (χ2n) is 5.41. The number of hydrogen-bond donors (Lipinski definition) is 2. The van der Waals surface area contributed by atoms with Crippen LogP contribution in [0.2, 0.25) is 0 Å². The van der Waals surface area contributed by atoms with Crippen LogP contribution < -0.4 is 11.1 Å². The van der Waals surface area contributed by atoms with E-state index >= 15 is 0 Å². The Bertz CT molecular complexity index is 481. The van der Waals surface area contributed by atoms with Crippen molar-refractivity contribution in [1.82, 2.24) is 10.3 Å². The summed E-state index contributed by atoms with van der Waals surface area (Å²) in [5, 5.41) is 2.49. The van der Waals surface area contributed by atoms with Gasteiger partial charge in [0.2, 0.25) is 0 Å². The Balaban J connectivity index is 2.79. The quantitative estimate of drug-likeness (QED) is 0.900. The topological polar surface area (TPSA) is 77.2 Å². The van der Waals surface area contributed by atoms with Crippen molar-refractivity contribution in [3.63, 3.8) is 0 Å². The van der Waals surface area contributed by atoms with Crippen LogP contribution in [0.3, 0.4) is 0 Å². The number of pyridine rings is 1. The van der Waals surface area contributed by atoms with Crippen LogP contribution in [0.15, 0.2) is 18.3 Å². The number of nitrogens with two attached hydrogens (primary N) is 1. The van der Waals surface area contributed by atoms with Gasteiger partial charge < -0.3 is 15.8 Å². The smallest absolute Gasteiger partial charge is 0.433 e. The molecule has 0 fully saturated rings. The van der Waals surface area contributed by atoms with E-state index in [9.17, 15) is 18.0 Å². The Kier molecular flexibility index (Phi) is 5.16. The maximum absolute atomic E-state index is 12.4. The highest BCUT2D eigenvalue weighted by molar-refractivity contribution is 5.68. The average molecular weight is 305 g/mol. The number of carbonyl (C=O) groups excluding carboxylic acids is 1. The van der Waals surface area contributed by atoms with Crippen molar-refractivity contribution in [2.75, 3.05) is 6.54 Å². The normalized spacial score (nSPS) is 13.7. The van der Waals surface area contributed by atoms with Crippen LogP contribution in [0, 0.1) is 0 Å². The van der Waals surface area contributed by atoms with Gasteiger partial charge in [0.1, 0.15) is 11.3 Å². The summed E-state index contributed by atoms with van der Waals surface area (Å²) in [4.78, 5) is 15.0. The second-order valence-corrected chi connectivity index (χ2v) is 5.41. The fraction of sp³-hybridized carbons (Fsp3) is 0.538. The molecule has 1 amide bonds. The Morgan fingerprint density at radius 2 is 2.00 bits per heavy atom. The molecule has 0 aliphatic heterocycles. The van der Waals surface area contributed by atoms with E-state index in [1.54, 1.807) is 20.8 Å². The minimum Gasteiger partial charge on any atom is -0.444 e. The highest BCUT2D eigenvalue weighted by Gasteiger charge is 2.32. The maximum atomic E-state index is 12.4. The molecular weight excluding hydrogens is 287 g/mol. The fourth-order valence-electron chi connectivity index (χ4n) is 1.51. The largest absolute Gasteiger partial charge is 0.444 e. The van der Waals surface area contributed by atoms with Crippen molar-refractivity contribution in [3.05, 3.63) is 29.6 Å². The number of ether oxygens (including phenoxy) is 1. The lowest BCUT2D eigenvalue weighted by Crippen LogP contribution is -2.37. The molecular formula is C13H18F3N3O2. The third-order valence-corrected chi connectivity index (χ3v) is 2.41. The molecule has 0 aromatic carbocycles. The molecule has 8 heteroatoms. The van der Waals surface area contributed by atoms with E-state index in [1.807, 2.05) is 0 Å². The molecule has 0 radical (unpaired) electrons. The van der Waals surface area contributed by atoms with Crippen LogP contribution >= 0.6 is 0 Å². The summed E-state index contributed by atoms with van der Waals surface area (Å²) >= 11 is 0. The number of aromatic nitrogens is 1. The molecule has 0 saturated carbocycles. The molecule has 1 unspecified atom stereocenters. The van der Waals surface area contributed by atoms with E-state index in [2.05, 4.69) is 10.3 Å². The number of alkyl carbamates (subject to hydrolysis) is 1. The molecule has 1 rings (SSSR count). The third kappa shape index (κ3) is 5.58. The Labute approximate surface area is 120 Å². The molecule has 5 nitrogen and oxygen atoms in total. The van der Waals surface area contributed by atoms with Gasteiger partial charge in [-0.25, -0.2) is 4.79 Å². The number of nitrogens with zero attached hydrogens (tertiary/aromatic N) is 1. The first-order chi connectivity index (χ1) is 9.53. The third-order valence-electron chi connectivity index (χ3n) is 2.41. The van der Waals surface area contributed by atoms with Gasteiger partial charge in [0.25, 0.3) is 0 Å². The van der Waals surface area contributed by atoms with E-state index in [1.165, 1.54) is 6.07 Å². The Hall–Kier alpha value is -1.83. The summed E-state index contributed by atoms with van der Waals surface area (Å²) in [6.45, 7) is 5.10. The average Bonchev–Trinajstić information content (AvgIpc) is 2.33. The molecule has 118 valence electrons. The zero-order valence-corrected chi connectivity index (χ0v) is 12.0. The zero-order valence-electron chi connectivity index (χ0n) is 12.0. The summed E-state index contributed by atoms with van der Waals surface area (Å²) in [5.41, 5.74) is 4.21. The lowest BCUT2D eigenvalue weighted by molar-refractivity contribution is -0.141. The molecule has 0 saturated heterocycles. The van der Waals surface area contributed by atoms with E-state index in [0.717, 1.165) is 12.3 Å². The number of hydrogen-bond acceptors (Lipinski definition) is 4. The number of halogens is 3. The number of alkyl halides is 3. The van der Waals surface area contributed by atoms with Crippen molar-refractivity contribution >= 4 is 6.09 Å². The monoisotopic (exact) mass is 305 g/mol. The van der Waals surface area contributed by atoms with Crippen LogP contribution in [0.4, 0.5) is 18.0 Å². The van der Waals surface area contributed by atoms with Crippen LogP contribution in [0.5, 0.6) is 0 Å². The zero-order chi connectivity index (χ0) is 16.3. The Morgan fingerprint density at radius 3 is 2.38 bits per heavy atom. The lowest BCUT2D eigenvalue weighted by Gasteiger charge is -2.23. The predicted octanol–water partition coefficient (Wildman–Crippen LogP) is 2.62. The summed E-state index contributed by atoms with van der Waals surface area (Å²) < 4.78 is 42.3. The first-order valence-electron chi connectivity index (χ1n) is 6.25. The van der Waals surface area contributed by atoms with Gasteiger partial charge in [-0.15, -0.1) is 0 Å². The first kappa shape index (κ1) is 17.2. The summed E-state index contributed by atoms with van der Waals surface area (Å²) in [6.07, 6.45) is -4.16. The fourth-order valence-corrected chi connectivity index (χ4v) is 1.51. The molecule has 1 aromatic rings.